The number of hydrogen-bond donors (Lipinski definition) is 2. The van der Waals surface area contributed by atoms with Gasteiger partial charge in [-0.15, -0.1) is 0 Å². The van der Waals surface area contributed by atoms with Gasteiger partial charge in [-0.3, -0.25) is 28.5 Å². The van der Waals surface area contributed by atoms with E-state index in [9.17, 15) is 24.0 Å². The fourth-order valence-electron chi connectivity index (χ4n) is 3.42. The molecule has 0 radical (unpaired) electrons. The fraction of sp³-hybridized carbons (Fsp3) is 0.474. The Kier molecular flexibility index (Phi) is 6.58. The van der Waals surface area contributed by atoms with Gasteiger partial charge in [0.25, 0.3) is 5.56 Å². The van der Waals surface area contributed by atoms with Gasteiger partial charge >= 0.3 is 17.9 Å². The summed E-state index contributed by atoms with van der Waals surface area (Å²) in [5, 5.41) is 2.48. The fourth-order valence-corrected chi connectivity index (χ4v) is 3.42. The Hall–Kier alpha value is -3.74. The smallest absolute Gasteiger partial charge is 0.303 e. The Labute approximate surface area is 181 Å². The largest absolute Gasteiger partial charge is 0.463 e. The van der Waals surface area contributed by atoms with Gasteiger partial charge in [0.1, 0.15) is 18.5 Å². The highest BCUT2D eigenvalue weighted by Gasteiger charge is 2.50. The molecule has 0 bridgehead atoms. The molecule has 1 aliphatic heterocycles. The minimum Gasteiger partial charge on any atom is -0.463 e. The number of nitrogens with one attached hydrogen (secondary N) is 2. The molecule has 13 heteroatoms. The first-order chi connectivity index (χ1) is 15.1. The zero-order valence-corrected chi connectivity index (χ0v) is 17.7. The molecule has 3 rings (SSSR count). The molecule has 2 aromatic heterocycles. The van der Waals surface area contributed by atoms with Gasteiger partial charge < -0.3 is 29.2 Å². The van der Waals surface area contributed by atoms with Crippen LogP contribution in [0.25, 0.3) is 11.0 Å². The van der Waals surface area contributed by atoms with Gasteiger partial charge in [0.2, 0.25) is 5.91 Å². The van der Waals surface area contributed by atoms with Crippen molar-refractivity contribution in [2.75, 3.05) is 11.9 Å². The van der Waals surface area contributed by atoms with Crippen LogP contribution in [0, 0.1) is 0 Å². The number of ether oxygens (including phenoxy) is 4. The summed E-state index contributed by atoms with van der Waals surface area (Å²) in [6, 6.07) is 1.46. The van der Waals surface area contributed by atoms with Crippen LogP contribution in [-0.4, -0.2) is 63.3 Å². The highest BCUT2D eigenvalue weighted by atomic mass is 16.7. The van der Waals surface area contributed by atoms with Crippen molar-refractivity contribution in [3.05, 3.63) is 22.7 Å². The summed E-state index contributed by atoms with van der Waals surface area (Å²) >= 11 is 0. The Morgan fingerprint density at radius 3 is 2.34 bits per heavy atom. The number of hydrogen-bond acceptors (Lipinski definition) is 10. The van der Waals surface area contributed by atoms with Gasteiger partial charge in [-0.2, -0.15) is 0 Å². The van der Waals surface area contributed by atoms with E-state index >= 15 is 0 Å². The highest BCUT2D eigenvalue weighted by molar-refractivity contribution is 5.89. The van der Waals surface area contributed by atoms with Crippen LogP contribution in [0.1, 0.15) is 33.9 Å². The Bertz CT molecular complexity index is 1120. The molecule has 1 amide bonds. The number of esters is 3. The number of pyridine rings is 1. The van der Waals surface area contributed by atoms with Crippen LogP contribution in [0.3, 0.4) is 0 Å². The monoisotopic (exact) mass is 450 g/mol. The van der Waals surface area contributed by atoms with Crippen molar-refractivity contribution in [2.45, 2.75) is 52.2 Å². The third-order valence-electron chi connectivity index (χ3n) is 4.50. The van der Waals surface area contributed by atoms with Crippen LogP contribution < -0.4 is 10.9 Å². The maximum atomic E-state index is 12.4. The second kappa shape index (κ2) is 9.18. The molecule has 0 aromatic carbocycles. The van der Waals surface area contributed by atoms with Crippen molar-refractivity contribution < 1.29 is 38.1 Å². The van der Waals surface area contributed by atoms with Gasteiger partial charge in [0.15, 0.2) is 24.0 Å². The summed E-state index contributed by atoms with van der Waals surface area (Å²) < 4.78 is 23.1. The molecular formula is C19H22N4O9. The molecule has 4 atom stereocenters. The Morgan fingerprint density at radius 1 is 1.09 bits per heavy atom. The molecule has 0 spiro atoms. The first-order valence-corrected chi connectivity index (χ1v) is 9.57. The van der Waals surface area contributed by atoms with Crippen molar-refractivity contribution in [1.29, 1.82) is 0 Å². The molecule has 13 nitrogen and oxygen atoms in total. The first kappa shape index (κ1) is 22.9. The molecule has 32 heavy (non-hydrogen) atoms. The standard InChI is InChI=1S/C19H22N4O9/c1-8(24)21-14-5-12-15(18(28)22-14)20-7-23(12)19-17(31-11(4)27)16(30-10(3)26)13(32-19)6-29-9(2)25/h5,7,13,16-17,19H,6H2,1-4H3,(H2,21,22,24,28)/t13-,16-,17-,19-/m1/s1. The van der Waals surface area contributed by atoms with Crippen LogP contribution >= 0.6 is 0 Å². The number of carbonyl (C=O) groups is 4. The molecule has 2 N–H and O–H groups in total. The molecule has 1 saturated heterocycles. The third-order valence-corrected chi connectivity index (χ3v) is 4.50. The lowest BCUT2D eigenvalue weighted by Crippen LogP contribution is -2.40. The summed E-state index contributed by atoms with van der Waals surface area (Å²) in [5.41, 5.74) is -0.272. The van der Waals surface area contributed by atoms with E-state index in [-0.39, 0.29) is 23.5 Å². The van der Waals surface area contributed by atoms with Crippen molar-refractivity contribution in [3.63, 3.8) is 0 Å². The van der Waals surface area contributed by atoms with Gasteiger partial charge in [-0.25, -0.2) is 4.98 Å². The van der Waals surface area contributed by atoms with E-state index in [4.69, 9.17) is 18.9 Å². The number of carbonyl (C=O) groups excluding carboxylic acids is 4. The molecule has 1 aliphatic rings. The Morgan fingerprint density at radius 2 is 1.75 bits per heavy atom. The number of aromatic amines is 1. The highest BCUT2D eigenvalue weighted by Crippen LogP contribution is 2.36. The topological polar surface area (TPSA) is 168 Å². The number of rotatable bonds is 6. The predicted octanol–water partition coefficient (Wildman–Crippen LogP) is 0.00690. The number of H-pyrrole nitrogens is 1. The zero-order valence-electron chi connectivity index (χ0n) is 17.7. The summed E-state index contributed by atoms with van der Waals surface area (Å²) in [6.07, 6.45) is -3.00. The van der Waals surface area contributed by atoms with E-state index in [2.05, 4.69) is 15.3 Å². The summed E-state index contributed by atoms with van der Waals surface area (Å²) in [7, 11) is 0. The number of amides is 1. The van der Waals surface area contributed by atoms with Gasteiger partial charge in [0.05, 0.1) is 11.8 Å². The first-order valence-electron chi connectivity index (χ1n) is 9.57. The molecular weight excluding hydrogens is 428 g/mol. The second-order valence-corrected chi connectivity index (χ2v) is 7.09. The summed E-state index contributed by atoms with van der Waals surface area (Å²) in [6.45, 7) is 4.56. The van der Waals surface area contributed by atoms with E-state index < -0.39 is 53.9 Å². The van der Waals surface area contributed by atoms with Crippen LogP contribution in [0.5, 0.6) is 0 Å². The second-order valence-electron chi connectivity index (χ2n) is 7.09. The van der Waals surface area contributed by atoms with E-state index in [0.29, 0.717) is 0 Å². The molecule has 0 saturated carbocycles. The minimum absolute atomic E-state index is 0.0387. The molecule has 0 unspecified atom stereocenters. The van der Waals surface area contributed by atoms with E-state index in [1.165, 1.54) is 44.7 Å². The lowest BCUT2D eigenvalue weighted by atomic mass is 10.1. The van der Waals surface area contributed by atoms with Crippen LogP contribution in [-0.2, 0) is 38.1 Å². The van der Waals surface area contributed by atoms with Crippen molar-refractivity contribution >= 4 is 40.7 Å². The SMILES string of the molecule is CC(=O)Nc1cc2c(ncn2[C@@H]2O[C@H](COC(C)=O)[C@@H](OC(C)=O)[C@H]2OC(C)=O)c(=O)[nH]1. The van der Waals surface area contributed by atoms with Gasteiger partial charge in [0, 0.05) is 33.8 Å². The number of nitrogens with zero attached hydrogens (tertiary/aromatic N) is 2. The lowest BCUT2D eigenvalue weighted by Gasteiger charge is -2.24. The maximum Gasteiger partial charge on any atom is 0.303 e. The van der Waals surface area contributed by atoms with Crippen LogP contribution in [0.2, 0.25) is 0 Å². The van der Waals surface area contributed by atoms with Crippen molar-refractivity contribution in [1.82, 2.24) is 14.5 Å². The average molecular weight is 450 g/mol. The summed E-state index contributed by atoms with van der Waals surface area (Å²) in [5.74, 6) is -2.20. The zero-order chi connectivity index (χ0) is 23.6. The van der Waals surface area contributed by atoms with Crippen LogP contribution in [0.15, 0.2) is 17.2 Å². The van der Waals surface area contributed by atoms with Gasteiger partial charge in [-0.05, 0) is 0 Å². The number of aromatic nitrogens is 3. The third kappa shape index (κ3) is 4.94. The molecule has 0 aliphatic carbocycles. The number of fused-ring (bicyclic) bond motifs is 1. The number of anilines is 1. The quantitative estimate of drug-likeness (QED) is 0.452. The van der Waals surface area contributed by atoms with Crippen LogP contribution in [0.4, 0.5) is 5.82 Å². The maximum absolute atomic E-state index is 12.4. The molecule has 172 valence electrons. The Balaban J connectivity index is 2.07. The van der Waals surface area contributed by atoms with Crippen molar-refractivity contribution in [3.8, 4) is 0 Å². The van der Waals surface area contributed by atoms with E-state index in [1.54, 1.807) is 0 Å². The van der Waals surface area contributed by atoms with Crippen molar-refractivity contribution in [2.24, 2.45) is 0 Å². The van der Waals surface area contributed by atoms with E-state index in [1.807, 2.05) is 0 Å². The molecule has 1 fully saturated rings. The normalized spacial score (nSPS) is 22.4. The summed E-state index contributed by atoms with van der Waals surface area (Å²) in [4.78, 5) is 65.1. The van der Waals surface area contributed by atoms with E-state index in [0.717, 1.165) is 0 Å². The number of imidazole rings is 1. The molecule has 3 heterocycles. The average Bonchev–Trinajstić information content (AvgIpc) is 3.21. The predicted molar refractivity (Wildman–Crippen MR) is 106 cm³/mol. The molecule has 2 aromatic rings. The lowest BCUT2D eigenvalue weighted by molar-refractivity contribution is -0.166. The minimum atomic E-state index is -1.14. The van der Waals surface area contributed by atoms with Gasteiger partial charge in [-0.1, -0.05) is 0 Å².